The summed E-state index contributed by atoms with van der Waals surface area (Å²) in [6, 6.07) is 10.8. The van der Waals surface area contributed by atoms with Gasteiger partial charge in [-0.2, -0.15) is 0 Å². The molecule has 0 aliphatic carbocycles. The molecule has 0 amide bonds. The summed E-state index contributed by atoms with van der Waals surface area (Å²) in [6.07, 6.45) is -0.267. The summed E-state index contributed by atoms with van der Waals surface area (Å²) in [5, 5.41) is 9.41. The zero-order valence-electron chi connectivity index (χ0n) is 9.85. The van der Waals surface area contributed by atoms with Crippen molar-refractivity contribution in [3.8, 4) is 0 Å². The van der Waals surface area contributed by atoms with Gasteiger partial charge in [0.05, 0.1) is 6.10 Å². The van der Waals surface area contributed by atoms with Gasteiger partial charge < -0.3 is 5.11 Å². The van der Waals surface area contributed by atoms with Gasteiger partial charge in [0.25, 0.3) is 0 Å². The minimum absolute atomic E-state index is 0.267. The first-order valence-electron chi connectivity index (χ1n) is 5.55. The van der Waals surface area contributed by atoms with E-state index in [1.807, 2.05) is 13.0 Å². The number of hydrogen-bond donors (Lipinski definition) is 1. The molecule has 0 heterocycles. The minimum Gasteiger partial charge on any atom is -0.392 e. The van der Waals surface area contributed by atoms with Crippen LogP contribution < -0.4 is 0 Å². The van der Waals surface area contributed by atoms with Crippen LogP contribution >= 0.6 is 0 Å². The van der Waals surface area contributed by atoms with Gasteiger partial charge in [-0.1, -0.05) is 30.3 Å². The van der Waals surface area contributed by atoms with Gasteiger partial charge in [-0.15, -0.1) is 0 Å². The monoisotopic (exact) mass is 207 g/mol. The number of aliphatic hydroxyl groups is 1. The van der Waals surface area contributed by atoms with Crippen molar-refractivity contribution in [2.75, 3.05) is 6.54 Å². The standard InChI is InChI=1S/C13H21NO/c1-11(2)14(9-12(3)15)10-13-7-5-4-6-8-13/h4-8,11-12,15H,9-10H2,1-3H3. The van der Waals surface area contributed by atoms with Crippen molar-refractivity contribution in [1.29, 1.82) is 0 Å². The van der Waals surface area contributed by atoms with E-state index in [4.69, 9.17) is 0 Å². The minimum atomic E-state index is -0.267. The molecule has 0 aromatic heterocycles. The Morgan fingerprint density at radius 2 is 1.73 bits per heavy atom. The van der Waals surface area contributed by atoms with Gasteiger partial charge in [-0.05, 0) is 26.3 Å². The lowest BCUT2D eigenvalue weighted by molar-refractivity contribution is 0.103. The van der Waals surface area contributed by atoms with E-state index >= 15 is 0 Å². The van der Waals surface area contributed by atoms with Crippen molar-refractivity contribution in [1.82, 2.24) is 4.90 Å². The van der Waals surface area contributed by atoms with E-state index in [2.05, 4.69) is 43.0 Å². The summed E-state index contributed by atoms with van der Waals surface area (Å²) in [4.78, 5) is 2.28. The van der Waals surface area contributed by atoms with Gasteiger partial charge in [0.2, 0.25) is 0 Å². The first-order chi connectivity index (χ1) is 7.09. The highest BCUT2D eigenvalue weighted by atomic mass is 16.3. The molecule has 0 saturated heterocycles. The highest BCUT2D eigenvalue weighted by Gasteiger charge is 2.11. The molecule has 1 atom stereocenters. The third kappa shape index (κ3) is 4.45. The Labute approximate surface area is 92.5 Å². The van der Waals surface area contributed by atoms with E-state index in [1.54, 1.807) is 0 Å². The third-order valence-corrected chi connectivity index (χ3v) is 2.46. The van der Waals surface area contributed by atoms with Crippen LogP contribution in [0.3, 0.4) is 0 Å². The first-order valence-corrected chi connectivity index (χ1v) is 5.55. The van der Waals surface area contributed by atoms with Crippen molar-refractivity contribution in [3.63, 3.8) is 0 Å². The molecular weight excluding hydrogens is 186 g/mol. The molecule has 1 unspecified atom stereocenters. The van der Waals surface area contributed by atoms with Gasteiger partial charge >= 0.3 is 0 Å². The summed E-state index contributed by atoms with van der Waals surface area (Å²) < 4.78 is 0. The van der Waals surface area contributed by atoms with Crippen molar-refractivity contribution >= 4 is 0 Å². The smallest absolute Gasteiger partial charge is 0.0639 e. The van der Waals surface area contributed by atoms with Crippen molar-refractivity contribution < 1.29 is 5.11 Å². The first kappa shape index (κ1) is 12.2. The van der Waals surface area contributed by atoms with Gasteiger partial charge in [-0.3, -0.25) is 4.90 Å². The van der Waals surface area contributed by atoms with Crippen LogP contribution in [-0.2, 0) is 6.54 Å². The van der Waals surface area contributed by atoms with E-state index in [9.17, 15) is 5.11 Å². The summed E-state index contributed by atoms with van der Waals surface area (Å²) >= 11 is 0. The predicted octanol–water partition coefficient (Wildman–Crippen LogP) is 2.28. The van der Waals surface area contributed by atoms with Gasteiger partial charge in [-0.25, -0.2) is 0 Å². The van der Waals surface area contributed by atoms with Crippen LogP contribution in [0.1, 0.15) is 26.3 Å². The fourth-order valence-electron chi connectivity index (χ4n) is 1.62. The molecule has 15 heavy (non-hydrogen) atoms. The Hall–Kier alpha value is -0.860. The quantitative estimate of drug-likeness (QED) is 0.800. The highest BCUT2D eigenvalue weighted by Crippen LogP contribution is 2.08. The van der Waals surface area contributed by atoms with Crippen LogP contribution in [0.2, 0.25) is 0 Å². The molecule has 0 aliphatic rings. The van der Waals surface area contributed by atoms with Gasteiger partial charge in [0.15, 0.2) is 0 Å². The number of benzene rings is 1. The third-order valence-electron chi connectivity index (χ3n) is 2.46. The molecule has 1 aromatic rings. The second kappa shape index (κ2) is 5.89. The molecule has 1 N–H and O–H groups in total. The lowest BCUT2D eigenvalue weighted by Gasteiger charge is -2.27. The van der Waals surface area contributed by atoms with Crippen LogP contribution in [0.4, 0.5) is 0 Å². The molecule has 0 bridgehead atoms. The van der Waals surface area contributed by atoms with Crippen LogP contribution in [0.5, 0.6) is 0 Å². The number of rotatable bonds is 5. The maximum absolute atomic E-state index is 9.41. The van der Waals surface area contributed by atoms with Crippen molar-refractivity contribution in [3.05, 3.63) is 35.9 Å². The topological polar surface area (TPSA) is 23.5 Å². The molecule has 1 rings (SSSR count). The average molecular weight is 207 g/mol. The van der Waals surface area contributed by atoms with Crippen molar-refractivity contribution in [2.45, 2.75) is 39.5 Å². The Kier molecular flexibility index (Phi) is 4.79. The number of nitrogens with zero attached hydrogens (tertiary/aromatic N) is 1. The van der Waals surface area contributed by atoms with Crippen molar-refractivity contribution in [2.24, 2.45) is 0 Å². The van der Waals surface area contributed by atoms with Gasteiger partial charge in [0, 0.05) is 19.1 Å². The lowest BCUT2D eigenvalue weighted by atomic mass is 10.2. The van der Waals surface area contributed by atoms with E-state index in [0.717, 1.165) is 13.1 Å². The zero-order valence-corrected chi connectivity index (χ0v) is 9.85. The maximum atomic E-state index is 9.41. The molecule has 2 heteroatoms. The molecular formula is C13H21NO. The zero-order chi connectivity index (χ0) is 11.3. The van der Waals surface area contributed by atoms with E-state index in [1.165, 1.54) is 5.56 Å². The molecule has 0 fully saturated rings. The Balaban J connectivity index is 2.59. The Morgan fingerprint density at radius 3 is 2.20 bits per heavy atom. The Bertz CT molecular complexity index is 269. The van der Waals surface area contributed by atoms with Crippen LogP contribution in [0, 0.1) is 0 Å². The Morgan fingerprint density at radius 1 is 1.13 bits per heavy atom. The second-order valence-electron chi connectivity index (χ2n) is 4.36. The van der Waals surface area contributed by atoms with E-state index in [0.29, 0.717) is 6.04 Å². The number of aliphatic hydroxyl groups excluding tert-OH is 1. The summed E-state index contributed by atoms with van der Waals surface area (Å²) in [7, 11) is 0. The van der Waals surface area contributed by atoms with E-state index in [-0.39, 0.29) is 6.10 Å². The van der Waals surface area contributed by atoms with Crippen LogP contribution in [-0.4, -0.2) is 28.7 Å². The summed E-state index contributed by atoms with van der Waals surface area (Å²) in [6.45, 7) is 7.78. The van der Waals surface area contributed by atoms with Crippen LogP contribution in [0.25, 0.3) is 0 Å². The normalized spacial score (nSPS) is 13.5. The summed E-state index contributed by atoms with van der Waals surface area (Å²) in [5.41, 5.74) is 1.30. The molecule has 2 nitrogen and oxygen atoms in total. The fourth-order valence-corrected chi connectivity index (χ4v) is 1.62. The molecule has 0 aliphatic heterocycles. The molecule has 1 aromatic carbocycles. The predicted molar refractivity (Wildman–Crippen MR) is 63.7 cm³/mol. The molecule has 84 valence electrons. The fraction of sp³-hybridized carbons (Fsp3) is 0.538. The van der Waals surface area contributed by atoms with Crippen LogP contribution in [0.15, 0.2) is 30.3 Å². The number of hydrogen-bond acceptors (Lipinski definition) is 2. The lowest BCUT2D eigenvalue weighted by Crippen LogP contribution is -2.36. The summed E-state index contributed by atoms with van der Waals surface area (Å²) in [5.74, 6) is 0. The van der Waals surface area contributed by atoms with E-state index < -0.39 is 0 Å². The maximum Gasteiger partial charge on any atom is 0.0639 e. The molecule has 0 saturated carbocycles. The SMILES string of the molecule is CC(O)CN(Cc1ccccc1)C(C)C. The second-order valence-corrected chi connectivity index (χ2v) is 4.36. The molecule has 0 radical (unpaired) electrons. The van der Waals surface area contributed by atoms with Gasteiger partial charge in [0.1, 0.15) is 0 Å². The largest absolute Gasteiger partial charge is 0.392 e. The average Bonchev–Trinajstić information content (AvgIpc) is 2.17. The molecule has 0 spiro atoms. The highest BCUT2D eigenvalue weighted by molar-refractivity contribution is 5.14.